The fourth-order valence-corrected chi connectivity index (χ4v) is 4.97. The van der Waals surface area contributed by atoms with Crippen molar-refractivity contribution in [3.05, 3.63) is 72.1 Å². The van der Waals surface area contributed by atoms with Crippen molar-refractivity contribution in [2.45, 2.75) is 70.1 Å². The normalized spacial score (nSPS) is 28.3. The fraction of sp³-hybridized carbons (Fsp3) is 0.519. The van der Waals surface area contributed by atoms with Gasteiger partial charge >= 0.3 is 0 Å². The van der Waals surface area contributed by atoms with E-state index < -0.39 is 0 Å². The van der Waals surface area contributed by atoms with Crippen LogP contribution in [0, 0.1) is 34.9 Å². The van der Waals surface area contributed by atoms with E-state index in [2.05, 4.69) is 18.2 Å². The van der Waals surface area contributed by atoms with Gasteiger partial charge in [-0.2, -0.15) is 5.26 Å². The third kappa shape index (κ3) is 7.32. The first-order valence-electron chi connectivity index (χ1n) is 11.4. The Morgan fingerprint density at radius 1 is 0.862 bits per heavy atom. The van der Waals surface area contributed by atoms with Crippen molar-refractivity contribution in [3.8, 4) is 6.07 Å². The number of benzene rings is 1. The molecular weight excluding hydrogens is 357 g/mol. The van der Waals surface area contributed by atoms with Crippen LogP contribution in [0.15, 0.2) is 60.7 Å². The van der Waals surface area contributed by atoms with Crippen molar-refractivity contribution in [1.29, 1.82) is 5.26 Å². The molecule has 0 radical (unpaired) electrons. The largest absolute Gasteiger partial charge is 0.207 e. The topological polar surface area (TPSA) is 23.8 Å². The van der Waals surface area contributed by atoms with E-state index in [1.54, 1.807) is 12.1 Å². The van der Waals surface area contributed by atoms with Crippen LogP contribution >= 0.6 is 0 Å². The van der Waals surface area contributed by atoms with Crippen LogP contribution in [0.5, 0.6) is 0 Å². The van der Waals surface area contributed by atoms with Crippen LogP contribution in [0.2, 0.25) is 0 Å². The maximum Gasteiger partial charge on any atom is 0.123 e. The summed E-state index contributed by atoms with van der Waals surface area (Å²) in [6.45, 7) is 0. The summed E-state index contributed by atoms with van der Waals surface area (Å²) in [4.78, 5) is 0. The third-order valence-corrected chi connectivity index (χ3v) is 6.82. The van der Waals surface area contributed by atoms with E-state index in [0.717, 1.165) is 24.2 Å². The second-order valence-corrected chi connectivity index (χ2v) is 8.82. The van der Waals surface area contributed by atoms with Gasteiger partial charge in [0, 0.05) is 6.08 Å². The van der Waals surface area contributed by atoms with Crippen LogP contribution in [0.1, 0.15) is 75.7 Å². The Bertz CT molecular complexity index is 721. The zero-order chi connectivity index (χ0) is 20.3. The Morgan fingerprint density at radius 3 is 2.10 bits per heavy atom. The fourth-order valence-electron chi connectivity index (χ4n) is 4.97. The first-order valence-corrected chi connectivity index (χ1v) is 11.4. The number of rotatable bonds is 7. The second-order valence-electron chi connectivity index (χ2n) is 8.82. The molecule has 0 spiro atoms. The van der Waals surface area contributed by atoms with Gasteiger partial charge in [0.25, 0.3) is 0 Å². The molecule has 0 aliphatic heterocycles. The van der Waals surface area contributed by atoms with E-state index in [4.69, 9.17) is 5.26 Å². The molecular formula is C27H34FN. The number of nitrogens with zero attached hydrogens (tertiary/aromatic N) is 1. The Labute approximate surface area is 176 Å². The highest BCUT2D eigenvalue weighted by Gasteiger charge is 2.22. The summed E-state index contributed by atoms with van der Waals surface area (Å²) in [5, 5.41) is 8.46. The Kier molecular flexibility index (Phi) is 8.75. The lowest BCUT2D eigenvalue weighted by Gasteiger charge is -2.29. The minimum absolute atomic E-state index is 0.135. The summed E-state index contributed by atoms with van der Waals surface area (Å²) >= 11 is 0. The summed E-state index contributed by atoms with van der Waals surface area (Å²) in [5.74, 6) is 2.85. The molecule has 0 N–H and O–H groups in total. The highest BCUT2D eigenvalue weighted by Crippen LogP contribution is 2.37. The lowest BCUT2D eigenvalue weighted by Crippen LogP contribution is -2.14. The van der Waals surface area contributed by atoms with Crippen LogP contribution in [0.4, 0.5) is 4.39 Å². The maximum absolute atomic E-state index is 13.1. The van der Waals surface area contributed by atoms with E-state index in [0.29, 0.717) is 5.92 Å². The van der Waals surface area contributed by atoms with Crippen molar-refractivity contribution in [2.75, 3.05) is 0 Å². The molecule has 1 nitrogen and oxygen atoms in total. The number of nitriles is 1. The lowest BCUT2D eigenvalue weighted by atomic mass is 9.77. The molecule has 1 aromatic rings. The predicted molar refractivity (Wildman–Crippen MR) is 119 cm³/mol. The molecule has 0 aromatic heterocycles. The molecule has 0 amide bonds. The summed E-state index contributed by atoms with van der Waals surface area (Å²) in [6.07, 6.45) is 25.3. The van der Waals surface area contributed by atoms with Crippen molar-refractivity contribution >= 4 is 0 Å². The van der Waals surface area contributed by atoms with Crippen molar-refractivity contribution < 1.29 is 4.39 Å². The highest BCUT2D eigenvalue weighted by molar-refractivity contribution is 5.21. The minimum Gasteiger partial charge on any atom is -0.207 e. The SMILES string of the molecule is N#CC=CC=CCC[C@H]1CC[C@H](C=C[C@H]2CC[C@H](c3ccc(F)cc3)CC2)CC1. The summed E-state index contributed by atoms with van der Waals surface area (Å²) in [5.41, 5.74) is 1.31. The summed E-state index contributed by atoms with van der Waals surface area (Å²) in [6, 6.07) is 9.13. The quantitative estimate of drug-likeness (QED) is 0.263. The molecule has 0 bridgehead atoms. The molecule has 2 saturated carbocycles. The molecule has 0 heterocycles. The van der Waals surface area contributed by atoms with Crippen molar-refractivity contribution in [3.63, 3.8) is 0 Å². The Morgan fingerprint density at radius 2 is 1.48 bits per heavy atom. The zero-order valence-electron chi connectivity index (χ0n) is 17.5. The molecule has 29 heavy (non-hydrogen) atoms. The first kappa shape index (κ1) is 21.6. The van der Waals surface area contributed by atoms with E-state index >= 15 is 0 Å². The van der Waals surface area contributed by atoms with E-state index in [1.165, 1.54) is 69.4 Å². The van der Waals surface area contributed by atoms with Crippen LogP contribution in [0.25, 0.3) is 0 Å². The van der Waals surface area contributed by atoms with Gasteiger partial charge in [0.1, 0.15) is 5.82 Å². The van der Waals surface area contributed by atoms with Gasteiger partial charge < -0.3 is 0 Å². The van der Waals surface area contributed by atoms with Gasteiger partial charge in [-0.15, -0.1) is 0 Å². The first-order chi connectivity index (χ1) is 14.2. The van der Waals surface area contributed by atoms with Crippen LogP contribution in [0.3, 0.4) is 0 Å². The smallest absolute Gasteiger partial charge is 0.123 e. The number of hydrogen-bond acceptors (Lipinski definition) is 1. The summed E-state index contributed by atoms with van der Waals surface area (Å²) in [7, 11) is 0. The molecule has 3 rings (SSSR count). The standard InChI is InChI=1S/C27H34FN/c28-27-19-17-26(18-20-27)25-15-13-24(14-16-25)12-11-23-9-7-22(8-10-23)6-4-2-1-3-5-21-29/h1-3,5,11-12,17-20,22-25H,4,6-10,13-16H2/t22-,23-,24-,25-. The average molecular weight is 392 g/mol. The summed E-state index contributed by atoms with van der Waals surface area (Å²) < 4.78 is 13.1. The molecule has 0 unspecified atom stereocenters. The lowest BCUT2D eigenvalue weighted by molar-refractivity contribution is 0.295. The van der Waals surface area contributed by atoms with Gasteiger partial charge in [-0.05, 0) is 106 Å². The van der Waals surface area contributed by atoms with Gasteiger partial charge in [0.15, 0.2) is 0 Å². The van der Waals surface area contributed by atoms with Crippen LogP contribution in [-0.2, 0) is 0 Å². The van der Waals surface area contributed by atoms with E-state index in [-0.39, 0.29) is 5.82 Å². The highest BCUT2D eigenvalue weighted by atomic mass is 19.1. The number of allylic oxidation sites excluding steroid dienone is 6. The zero-order valence-corrected chi connectivity index (χ0v) is 17.5. The van der Waals surface area contributed by atoms with Gasteiger partial charge in [0.05, 0.1) is 6.07 Å². The molecule has 2 aliphatic carbocycles. The maximum atomic E-state index is 13.1. The minimum atomic E-state index is -0.135. The van der Waals surface area contributed by atoms with E-state index in [1.807, 2.05) is 30.4 Å². The molecule has 0 atom stereocenters. The van der Waals surface area contributed by atoms with Gasteiger partial charge in [0.2, 0.25) is 0 Å². The van der Waals surface area contributed by atoms with E-state index in [9.17, 15) is 4.39 Å². The Balaban J connectivity index is 1.33. The monoisotopic (exact) mass is 391 g/mol. The van der Waals surface area contributed by atoms with Crippen molar-refractivity contribution in [1.82, 2.24) is 0 Å². The number of hydrogen-bond donors (Lipinski definition) is 0. The Hall–Kier alpha value is -2.14. The second kappa shape index (κ2) is 11.8. The number of halogens is 1. The van der Waals surface area contributed by atoms with Crippen LogP contribution in [-0.4, -0.2) is 0 Å². The van der Waals surface area contributed by atoms with Gasteiger partial charge in [-0.1, -0.05) is 42.5 Å². The van der Waals surface area contributed by atoms with Gasteiger partial charge in [-0.3, -0.25) is 0 Å². The third-order valence-electron chi connectivity index (χ3n) is 6.82. The average Bonchev–Trinajstić information content (AvgIpc) is 2.76. The molecule has 0 saturated heterocycles. The van der Waals surface area contributed by atoms with Gasteiger partial charge in [-0.25, -0.2) is 4.39 Å². The predicted octanol–water partition coefficient (Wildman–Crippen LogP) is 7.88. The van der Waals surface area contributed by atoms with Crippen molar-refractivity contribution in [2.24, 2.45) is 17.8 Å². The molecule has 2 aliphatic rings. The molecule has 1 aromatic carbocycles. The molecule has 2 heteroatoms. The van der Waals surface area contributed by atoms with Crippen LogP contribution < -0.4 is 0 Å². The molecule has 2 fully saturated rings. The molecule has 154 valence electrons.